The van der Waals surface area contributed by atoms with E-state index in [0.717, 1.165) is 9.80 Å². The second kappa shape index (κ2) is 4.87. The van der Waals surface area contributed by atoms with Crippen LogP contribution in [0.25, 0.3) is 0 Å². The predicted molar refractivity (Wildman–Crippen MR) is 57.3 cm³/mol. The van der Waals surface area contributed by atoms with Gasteiger partial charge >= 0.3 is 18.1 Å². The van der Waals surface area contributed by atoms with Gasteiger partial charge in [-0.2, -0.15) is 22.0 Å². The molecule has 5 nitrogen and oxygen atoms in total. The summed E-state index contributed by atoms with van der Waals surface area (Å²) in [5, 5.41) is 4.11. The third-order valence-electron chi connectivity index (χ3n) is 2.00. The van der Waals surface area contributed by atoms with Crippen molar-refractivity contribution in [1.29, 1.82) is 0 Å². The van der Waals surface area contributed by atoms with Gasteiger partial charge in [0.2, 0.25) is 5.13 Å². The molecule has 19 heavy (non-hydrogen) atoms. The van der Waals surface area contributed by atoms with E-state index in [1.165, 1.54) is 21.1 Å². The van der Waals surface area contributed by atoms with Crippen molar-refractivity contribution in [2.45, 2.75) is 12.1 Å². The highest BCUT2D eigenvalue weighted by molar-refractivity contribution is 7.15. The Bertz CT molecular complexity index is 472. The molecule has 0 atom stereocenters. The van der Waals surface area contributed by atoms with Crippen LogP contribution in [0.3, 0.4) is 0 Å². The fourth-order valence-electron chi connectivity index (χ4n) is 0.981. The van der Waals surface area contributed by atoms with E-state index in [4.69, 9.17) is 0 Å². The summed E-state index contributed by atoms with van der Waals surface area (Å²) in [4.78, 5) is 13.4. The van der Waals surface area contributed by atoms with Crippen LogP contribution in [-0.2, 0) is 5.92 Å². The average molecular weight is 304 g/mol. The molecule has 0 saturated heterocycles. The minimum absolute atomic E-state index is 0.00674. The lowest BCUT2D eigenvalue weighted by molar-refractivity contribution is -0.289. The van der Waals surface area contributed by atoms with E-state index < -0.39 is 23.1 Å². The SMILES string of the molecule is CN(C)C(=O)N(C)c1nnc(C(F)(F)C(F)(F)F)s1. The smallest absolute Gasteiger partial charge is 0.330 e. The summed E-state index contributed by atoms with van der Waals surface area (Å²) in [5.41, 5.74) is 0. The number of nitrogens with zero attached hydrogens (tertiary/aromatic N) is 4. The molecule has 0 spiro atoms. The predicted octanol–water partition coefficient (Wildman–Crippen LogP) is 2.31. The largest absolute Gasteiger partial charge is 0.460 e. The molecule has 0 radical (unpaired) electrons. The van der Waals surface area contributed by atoms with Gasteiger partial charge in [0, 0.05) is 21.1 Å². The van der Waals surface area contributed by atoms with Crippen molar-refractivity contribution in [3.63, 3.8) is 0 Å². The van der Waals surface area contributed by atoms with Crippen LogP contribution < -0.4 is 4.90 Å². The summed E-state index contributed by atoms with van der Waals surface area (Å²) in [6.45, 7) is 0. The fraction of sp³-hybridized carbons (Fsp3) is 0.625. The molecule has 0 aliphatic heterocycles. The molecule has 1 heterocycles. The van der Waals surface area contributed by atoms with Crippen molar-refractivity contribution in [2.24, 2.45) is 0 Å². The van der Waals surface area contributed by atoms with Crippen molar-refractivity contribution in [3.8, 4) is 0 Å². The number of anilines is 1. The quantitative estimate of drug-likeness (QED) is 0.788. The summed E-state index contributed by atoms with van der Waals surface area (Å²) >= 11 is 0.00674. The molecule has 2 amide bonds. The third-order valence-corrected chi connectivity index (χ3v) is 3.06. The highest BCUT2D eigenvalue weighted by atomic mass is 32.1. The fourth-order valence-corrected chi connectivity index (χ4v) is 1.78. The Morgan fingerprint density at radius 3 is 2.05 bits per heavy atom. The Morgan fingerprint density at radius 1 is 1.11 bits per heavy atom. The second-order valence-corrected chi connectivity index (χ2v) is 4.65. The van der Waals surface area contributed by atoms with E-state index >= 15 is 0 Å². The number of carbonyl (C=O) groups is 1. The molecule has 1 rings (SSSR count). The van der Waals surface area contributed by atoms with Crippen LogP contribution in [0.4, 0.5) is 31.9 Å². The highest BCUT2D eigenvalue weighted by Crippen LogP contribution is 2.45. The van der Waals surface area contributed by atoms with Crippen LogP contribution >= 0.6 is 11.3 Å². The van der Waals surface area contributed by atoms with Crippen molar-refractivity contribution >= 4 is 22.5 Å². The van der Waals surface area contributed by atoms with Gasteiger partial charge in [0.1, 0.15) is 0 Å². The molecule has 0 fully saturated rings. The second-order valence-electron chi connectivity index (χ2n) is 3.70. The highest BCUT2D eigenvalue weighted by Gasteiger charge is 2.61. The Kier molecular flexibility index (Phi) is 3.98. The summed E-state index contributed by atoms with van der Waals surface area (Å²) in [5.74, 6) is -5.09. The molecule has 1 aromatic heterocycles. The molecule has 0 N–H and O–H groups in total. The minimum Gasteiger partial charge on any atom is -0.330 e. The van der Waals surface area contributed by atoms with Gasteiger partial charge in [-0.3, -0.25) is 4.90 Å². The zero-order valence-corrected chi connectivity index (χ0v) is 10.8. The lowest BCUT2D eigenvalue weighted by atomic mass is 10.3. The lowest BCUT2D eigenvalue weighted by Crippen LogP contribution is -2.36. The van der Waals surface area contributed by atoms with Crippen molar-refractivity contribution in [2.75, 3.05) is 26.0 Å². The van der Waals surface area contributed by atoms with E-state index in [9.17, 15) is 26.7 Å². The zero-order chi connectivity index (χ0) is 15.0. The number of urea groups is 1. The summed E-state index contributed by atoms with van der Waals surface area (Å²) in [7, 11) is 3.98. The van der Waals surface area contributed by atoms with Crippen LogP contribution in [0.2, 0.25) is 0 Å². The summed E-state index contributed by atoms with van der Waals surface area (Å²) < 4.78 is 62.3. The van der Waals surface area contributed by atoms with Gasteiger partial charge in [0.25, 0.3) is 0 Å². The van der Waals surface area contributed by atoms with Crippen molar-refractivity contribution in [1.82, 2.24) is 15.1 Å². The molecular formula is C8H9F5N4OS. The van der Waals surface area contributed by atoms with E-state index in [2.05, 4.69) is 10.2 Å². The lowest BCUT2D eigenvalue weighted by Gasteiger charge is -2.18. The number of rotatable bonds is 2. The van der Waals surface area contributed by atoms with Gasteiger partial charge in [-0.25, -0.2) is 4.79 Å². The summed E-state index contributed by atoms with van der Waals surface area (Å²) in [6.07, 6.45) is -5.76. The minimum atomic E-state index is -5.76. The molecular weight excluding hydrogens is 295 g/mol. The number of hydrogen-bond acceptors (Lipinski definition) is 4. The first-order valence-electron chi connectivity index (χ1n) is 4.72. The number of carbonyl (C=O) groups excluding carboxylic acids is 1. The maximum atomic E-state index is 13.0. The maximum absolute atomic E-state index is 13.0. The van der Waals surface area contributed by atoms with E-state index in [0.29, 0.717) is 0 Å². The Morgan fingerprint density at radius 2 is 1.63 bits per heavy atom. The molecule has 0 unspecified atom stereocenters. The molecule has 108 valence electrons. The number of halogens is 5. The molecule has 0 aliphatic rings. The number of amides is 2. The standard InChI is InChI=1S/C8H9F5N4OS/c1-16(2)6(18)17(3)5-15-14-4(19-5)7(9,10)8(11,12)13/h1-3H3. The van der Waals surface area contributed by atoms with Crippen LogP contribution in [0.15, 0.2) is 0 Å². The normalized spacial score (nSPS) is 12.4. The third kappa shape index (κ3) is 2.91. The van der Waals surface area contributed by atoms with Crippen LogP contribution in [0, 0.1) is 0 Å². The Balaban J connectivity index is 3.04. The Labute approximate surface area is 108 Å². The van der Waals surface area contributed by atoms with Gasteiger partial charge in [0.05, 0.1) is 0 Å². The summed E-state index contributed by atoms with van der Waals surface area (Å²) in [6, 6.07) is -0.627. The Hall–Kier alpha value is -1.52. The van der Waals surface area contributed by atoms with Crippen LogP contribution in [-0.4, -0.2) is 48.4 Å². The van der Waals surface area contributed by atoms with Gasteiger partial charge in [-0.15, -0.1) is 10.2 Å². The van der Waals surface area contributed by atoms with Crippen molar-refractivity contribution < 1.29 is 26.7 Å². The zero-order valence-electron chi connectivity index (χ0n) is 10.00. The van der Waals surface area contributed by atoms with E-state index in [1.807, 2.05) is 0 Å². The monoisotopic (exact) mass is 304 g/mol. The van der Waals surface area contributed by atoms with Crippen molar-refractivity contribution in [3.05, 3.63) is 5.01 Å². The number of alkyl halides is 5. The van der Waals surface area contributed by atoms with E-state index in [1.54, 1.807) is 0 Å². The van der Waals surface area contributed by atoms with Gasteiger partial charge in [-0.05, 0) is 0 Å². The molecule has 0 saturated carbocycles. The van der Waals surface area contributed by atoms with Gasteiger partial charge in [-0.1, -0.05) is 11.3 Å². The first-order valence-corrected chi connectivity index (χ1v) is 5.53. The van der Waals surface area contributed by atoms with Crippen LogP contribution in [0.1, 0.15) is 5.01 Å². The molecule has 1 aromatic rings. The topological polar surface area (TPSA) is 49.3 Å². The first-order chi connectivity index (χ1) is 8.48. The van der Waals surface area contributed by atoms with Gasteiger partial charge < -0.3 is 4.90 Å². The molecule has 0 aliphatic carbocycles. The first kappa shape index (κ1) is 15.5. The van der Waals surface area contributed by atoms with E-state index in [-0.39, 0.29) is 16.5 Å². The van der Waals surface area contributed by atoms with Crippen LogP contribution in [0.5, 0.6) is 0 Å². The molecule has 0 bridgehead atoms. The average Bonchev–Trinajstić information content (AvgIpc) is 2.74. The number of aromatic nitrogens is 2. The van der Waals surface area contributed by atoms with Gasteiger partial charge in [0.15, 0.2) is 5.01 Å². The number of hydrogen-bond donors (Lipinski definition) is 0. The maximum Gasteiger partial charge on any atom is 0.460 e. The molecule has 11 heteroatoms. The molecule has 0 aromatic carbocycles.